The number of aliphatic hydroxyl groups is 1. The number of hydrogen-bond acceptors (Lipinski definition) is 5. The molecule has 1 aliphatic carbocycles. The van der Waals surface area contributed by atoms with Crippen LogP contribution < -0.4 is 10.6 Å². The van der Waals surface area contributed by atoms with E-state index in [0.717, 1.165) is 18.5 Å². The van der Waals surface area contributed by atoms with Crippen LogP contribution in [0.25, 0.3) is 0 Å². The third-order valence-electron chi connectivity index (χ3n) is 4.96. The Bertz CT molecular complexity index is 621. The molecule has 1 aromatic rings. The maximum atomic E-state index is 12.3. The quantitative estimate of drug-likeness (QED) is 0.860. The Morgan fingerprint density at radius 1 is 1.04 bits per heavy atom. The summed E-state index contributed by atoms with van der Waals surface area (Å²) in [5.41, 5.74) is 6.75. The molecule has 25 heavy (non-hydrogen) atoms. The highest BCUT2D eigenvalue weighted by Gasteiger charge is 2.28. The standard InChI is InChI=1S/C18H25N3O4/c19-17(23)15-3-1-2-4-16(15)20-9-11-21(12-10-20)18(24)25-14-7-5-13(22)6-8-14/h1-4,13-14,22H,5-12H2,(H2,19,23). The van der Waals surface area contributed by atoms with E-state index in [1.165, 1.54) is 0 Å². The number of primary amides is 1. The minimum Gasteiger partial charge on any atom is -0.446 e. The molecule has 3 N–H and O–H groups in total. The highest BCUT2D eigenvalue weighted by molar-refractivity contribution is 5.98. The summed E-state index contributed by atoms with van der Waals surface area (Å²) in [6.07, 6.45) is 2.18. The molecule has 7 heteroatoms. The first kappa shape index (κ1) is 17.5. The lowest BCUT2D eigenvalue weighted by Gasteiger charge is -2.37. The summed E-state index contributed by atoms with van der Waals surface area (Å²) < 4.78 is 5.57. The molecule has 0 atom stereocenters. The Hall–Kier alpha value is -2.28. The molecule has 3 rings (SSSR count). The number of carbonyl (C=O) groups is 2. The first-order valence-corrected chi connectivity index (χ1v) is 8.82. The molecule has 1 saturated heterocycles. The summed E-state index contributed by atoms with van der Waals surface area (Å²) in [5.74, 6) is -0.447. The fraction of sp³-hybridized carbons (Fsp3) is 0.556. The van der Waals surface area contributed by atoms with E-state index in [-0.39, 0.29) is 18.3 Å². The van der Waals surface area contributed by atoms with Gasteiger partial charge >= 0.3 is 6.09 Å². The number of ether oxygens (including phenoxy) is 1. The Labute approximate surface area is 147 Å². The van der Waals surface area contributed by atoms with Gasteiger partial charge in [-0.2, -0.15) is 0 Å². The average molecular weight is 347 g/mol. The summed E-state index contributed by atoms with van der Waals surface area (Å²) in [7, 11) is 0. The van der Waals surface area contributed by atoms with Crippen molar-refractivity contribution in [3.63, 3.8) is 0 Å². The van der Waals surface area contributed by atoms with Crippen molar-refractivity contribution in [3.8, 4) is 0 Å². The van der Waals surface area contributed by atoms with Crippen LogP contribution in [0.5, 0.6) is 0 Å². The molecule has 2 aliphatic rings. The van der Waals surface area contributed by atoms with E-state index in [0.29, 0.717) is 44.6 Å². The lowest BCUT2D eigenvalue weighted by atomic mass is 9.95. The van der Waals surface area contributed by atoms with Gasteiger partial charge in [0, 0.05) is 31.9 Å². The van der Waals surface area contributed by atoms with Crippen LogP contribution in [-0.2, 0) is 4.74 Å². The van der Waals surface area contributed by atoms with Crippen LogP contribution >= 0.6 is 0 Å². The van der Waals surface area contributed by atoms with Crippen molar-refractivity contribution in [3.05, 3.63) is 29.8 Å². The smallest absolute Gasteiger partial charge is 0.410 e. The van der Waals surface area contributed by atoms with Gasteiger partial charge in [0.2, 0.25) is 0 Å². The van der Waals surface area contributed by atoms with E-state index in [9.17, 15) is 14.7 Å². The molecule has 2 amide bonds. The number of piperazine rings is 1. The fourth-order valence-electron chi connectivity index (χ4n) is 3.47. The van der Waals surface area contributed by atoms with Gasteiger partial charge in [-0.05, 0) is 37.8 Å². The van der Waals surface area contributed by atoms with Crippen molar-refractivity contribution in [2.45, 2.75) is 37.9 Å². The molecular formula is C18H25N3O4. The number of rotatable bonds is 3. The number of hydrogen-bond donors (Lipinski definition) is 2. The SMILES string of the molecule is NC(=O)c1ccccc1N1CCN(C(=O)OC2CCC(O)CC2)CC1. The van der Waals surface area contributed by atoms with Crippen LogP contribution in [0.3, 0.4) is 0 Å². The van der Waals surface area contributed by atoms with Gasteiger partial charge in [0.1, 0.15) is 6.10 Å². The third-order valence-corrected chi connectivity index (χ3v) is 4.96. The second kappa shape index (κ2) is 7.74. The number of para-hydroxylation sites is 1. The lowest BCUT2D eigenvalue weighted by molar-refractivity contribution is 0.0166. The molecule has 0 radical (unpaired) electrons. The molecular weight excluding hydrogens is 322 g/mol. The average Bonchev–Trinajstić information content (AvgIpc) is 2.63. The molecule has 136 valence electrons. The number of nitrogens with two attached hydrogens (primary N) is 1. The monoisotopic (exact) mass is 347 g/mol. The van der Waals surface area contributed by atoms with E-state index in [2.05, 4.69) is 4.90 Å². The van der Waals surface area contributed by atoms with Gasteiger partial charge in [-0.25, -0.2) is 4.79 Å². The van der Waals surface area contributed by atoms with Crippen LogP contribution in [0.1, 0.15) is 36.0 Å². The molecule has 1 aliphatic heterocycles. The minimum absolute atomic E-state index is 0.0930. The topological polar surface area (TPSA) is 96.1 Å². The zero-order valence-corrected chi connectivity index (χ0v) is 14.3. The highest BCUT2D eigenvalue weighted by Crippen LogP contribution is 2.24. The van der Waals surface area contributed by atoms with Crippen molar-refractivity contribution in [2.24, 2.45) is 5.73 Å². The van der Waals surface area contributed by atoms with Crippen LogP contribution in [0, 0.1) is 0 Å². The lowest BCUT2D eigenvalue weighted by Crippen LogP contribution is -2.50. The summed E-state index contributed by atoms with van der Waals surface area (Å²) in [6, 6.07) is 7.26. The Balaban J connectivity index is 1.53. The summed E-state index contributed by atoms with van der Waals surface area (Å²) in [4.78, 5) is 27.7. The van der Waals surface area contributed by atoms with Crippen molar-refractivity contribution < 1.29 is 19.4 Å². The number of anilines is 1. The maximum Gasteiger partial charge on any atom is 0.410 e. The first-order chi connectivity index (χ1) is 12.0. The molecule has 7 nitrogen and oxygen atoms in total. The van der Waals surface area contributed by atoms with E-state index in [1.807, 2.05) is 12.1 Å². The molecule has 0 aromatic heterocycles. The van der Waals surface area contributed by atoms with E-state index >= 15 is 0 Å². The van der Waals surface area contributed by atoms with E-state index < -0.39 is 5.91 Å². The molecule has 0 spiro atoms. The molecule has 2 fully saturated rings. The van der Waals surface area contributed by atoms with Gasteiger partial charge in [-0.15, -0.1) is 0 Å². The second-order valence-corrected chi connectivity index (χ2v) is 6.67. The Morgan fingerprint density at radius 2 is 1.68 bits per heavy atom. The van der Waals surface area contributed by atoms with Gasteiger partial charge in [0.15, 0.2) is 0 Å². The number of benzene rings is 1. The first-order valence-electron chi connectivity index (χ1n) is 8.82. The summed E-state index contributed by atoms with van der Waals surface area (Å²) in [6.45, 7) is 2.34. The zero-order chi connectivity index (χ0) is 17.8. The summed E-state index contributed by atoms with van der Waals surface area (Å²) in [5, 5.41) is 9.52. The zero-order valence-electron chi connectivity index (χ0n) is 14.3. The van der Waals surface area contributed by atoms with Crippen molar-refractivity contribution in [1.82, 2.24) is 4.90 Å². The molecule has 1 heterocycles. The van der Waals surface area contributed by atoms with Crippen LogP contribution in [0.2, 0.25) is 0 Å². The fourth-order valence-corrected chi connectivity index (χ4v) is 3.47. The van der Waals surface area contributed by atoms with E-state index in [1.54, 1.807) is 17.0 Å². The normalized spacial score (nSPS) is 24.0. The number of aliphatic hydroxyl groups excluding tert-OH is 1. The predicted molar refractivity (Wildman–Crippen MR) is 93.5 cm³/mol. The van der Waals surface area contributed by atoms with E-state index in [4.69, 9.17) is 10.5 Å². The maximum absolute atomic E-state index is 12.3. The van der Waals surface area contributed by atoms with Crippen LogP contribution in [0.4, 0.5) is 10.5 Å². The number of carbonyl (C=O) groups excluding carboxylic acids is 2. The van der Waals surface area contributed by atoms with Gasteiger partial charge in [-0.3, -0.25) is 4.79 Å². The Morgan fingerprint density at radius 3 is 2.32 bits per heavy atom. The summed E-state index contributed by atoms with van der Waals surface area (Å²) >= 11 is 0. The largest absolute Gasteiger partial charge is 0.446 e. The highest BCUT2D eigenvalue weighted by atomic mass is 16.6. The van der Waals surface area contributed by atoms with Crippen LogP contribution in [0.15, 0.2) is 24.3 Å². The molecule has 1 saturated carbocycles. The van der Waals surface area contributed by atoms with Crippen molar-refractivity contribution >= 4 is 17.7 Å². The van der Waals surface area contributed by atoms with Gasteiger partial charge in [0.05, 0.1) is 11.7 Å². The molecule has 0 unspecified atom stereocenters. The number of amides is 2. The van der Waals surface area contributed by atoms with Gasteiger partial charge in [-0.1, -0.05) is 12.1 Å². The van der Waals surface area contributed by atoms with Crippen LogP contribution in [-0.4, -0.2) is 60.4 Å². The number of nitrogens with zero attached hydrogens (tertiary/aromatic N) is 2. The minimum atomic E-state index is -0.447. The van der Waals surface area contributed by atoms with Crippen molar-refractivity contribution in [1.29, 1.82) is 0 Å². The molecule has 0 bridgehead atoms. The second-order valence-electron chi connectivity index (χ2n) is 6.67. The van der Waals surface area contributed by atoms with Crippen molar-refractivity contribution in [2.75, 3.05) is 31.1 Å². The van der Waals surface area contributed by atoms with Gasteiger partial charge < -0.3 is 25.4 Å². The van der Waals surface area contributed by atoms with Gasteiger partial charge in [0.25, 0.3) is 5.91 Å². The molecule has 1 aromatic carbocycles. The predicted octanol–water partition coefficient (Wildman–Crippen LogP) is 1.35. The third kappa shape index (κ3) is 4.22. The Kier molecular flexibility index (Phi) is 5.43.